The average Bonchev–Trinajstić information content (AvgIpc) is 2.36. The fourth-order valence-electron chi connectivity index (χ4n) is 1.71. The van der Waals surface area contributed by atoms with Crippen LogP contribution in [0.15, 0.2) is 6.20 Å². The van der Waals surface area contributed by atoms with Gasteiger partial charge in [0.05, 0.1) is 25.7 Å². The van der Waals surface area contributed by atoms with Crippen molar-refractivity contribution in [3.63, 3.8) is 0 Å². The minimum absolute atomic E-state index is 0.0525. The largest absolute Gasteiger partial charge is 0.496 e. The molecule has 1 rings (SSSR count). The molecule has 1 aromatic rings. The maximum Gasteiger partial charge on any atom is 0.433 e. The standard InChI is InChI=1S/C12H12F5NO3/c1-3-21-7(19)4-6-5-18-10(12(15,16)17)8(11(13)14)9(6)20-2/h5,11H,3-4H2,1-2H3. The minimum Gasteiger partial charge on any atom is -0.496 e. The van der Waals surface area contributed by atoms with E-state index in [4.69, 9.17) is 0 Å². The van der Waals surface area contributed by atoms with E-state index in [1.54, 1.807) is 0 Å². The van der Waals surface area contributed by atoms with E-state index < -0.39 is 42.0 Å². The quantitative estimate of drug-likeness (QED) is 0.619. The van der Waals surface area contributed by atoms with E-state index in [-0.39, 0.29) is 12.2 Å². The Morgan fingerprint density at radius 2 is 2.00 bits per heavy atom. The Morgan fingerprint density at radius 3 is 2.43 bits per heavy atom. The van der Waals surface area contributed by atoms with Gasteiger partial charge in [0.25, 0.3) is 6.43 Å². The summed E-state index contributed by atoms with van der Waals surface area (Å²) in [5.74, 6) is -1.49. The van der Waals surface area contributed by atoms with Crippen LogP contribution in [0.4, 0.5) is 22.0 Å². The van der Waals surface area contributed by atoms with Gasteiger partial charge in [0, 0.05) is 11.8 Å². The molecule has 0 aliphatic rings. The normalized spacial score (nSPS) is 11.6. The van der Waals surface area contributed by atoms with Gasteiger partial charge in [-0.25, -0.2) is 8.78 Å². The van der Waals surface area contributed by atoms with E-state index in [1.807, 2.05) is 0 Å². The van der Waals surface area contributed by atoms with Crippen LogP contribution in [0, 0.1) is 0 Å². The van der Waals surface area contributed by atoms with Crippen LogP contribution in [-0.4, -0.2) is 24.7 Å². The highest BCUT2D eigenvalue weighted by Gasteiger charge is 2.40. The van der Waals surface area contributed by atoms with Gasteiger partial charge >= 0.3 is 12.1 Å². The number of aromatic nitrogens is 1. The lowest BCUT2D eigenvalue weighted by Gasteiger charge is -2.17. The molecule has 0 spiro atoms. The number of methoxy groups -OCH3 is 1. The second-order valence-electron chi connectivity index (χ2n) is 3.86. The number of halogens is 5. The summed E-state index contributed by atoms with van der Waals surface area (Å²) in [6, 6.07) is 0. The first-order valence-corrected chi connectivity index (χ1v) is 5.79. The Labute approximate surface area is 116 Å². The molecule has 1 aromatic heterocycles. The van der Waals surface area contributed by atoms with Crippen LogP contribution in [0.3, 0.4) is 0 Å². The number of nitrogens with zero attached hydrogens (tertiary/aromatic N) is 1. The Morgan fingerprint density at radius 1 is 1.38 bits per heavy atom. The smallest absolute Gasteiger partial charge is 0.433 e. The number of pyridine rings is 1. The molecular formula is C12H12F5NO3. The molecule has 0 saturated heterocycles. The first-order valence-electron chi connectivity index (χ1n) is 5.79. The third-order valence-electron chi connectivity index (χ3n) is 2.47. The van der Waals surface area contributed by atoms with Crippen molar-refractivity contribution in [3.05, 3.63) is 23.0 Å². The van der Waals surface area contributed by atoms with E-state index in [0.29, 0.717) is 6.20 Å². The molecule has 0 atom stereocenters. The highest BCUT2D eigenvalue weighted by molar-refractivity contribution is 5.73. The number of ether oxygens (including phenoxy) is 2. The van der Waals surface area contributed by atoms with Gasteiger partial charge in [0.2, 0.25) is 0 Å². The molecule has 0 aliphatic carbocycles. The van der Waals surface area contributed by atoms with Crippen LogP contribution in [0.1, 0.15) is 30.2 Å². The Bertz CT molecular complexity index is 516. The highest BCUT2D eigenvalue weighted by atomic mass is 19.4. The van der Waals surface area contributed by atoms with Gasteiger partial charge in [-0.3, -0.25) is 9.78 Å². The number of carbonyl (C=O) groups excluding carboxylic acids is 1. The van der Waals surface area contributed by atoms with Crippen LogP contribution in [0.5, 0.6) is 5.75 Å². The number of hydrogen-bond acceptors (Lipinski definition) is 4. The van der Waals surface area contributed by atoms with Gasteiger partial charge in [-0.2, -0.15) is 13.2 Å². The number of alkyl halides is 5. The lowest BCUT2D eigenvalue weighted by Crippen LogP contribution is -2.16. The maximum absolute atomic E-state index is 12.9. The molecule has 4 nitrogen and oxygen atoms in total. The van der Waals surface area contributed by atoms with E-state index in [0.717, 1.165) is 7.11 Å². The molecule has 21 heavy (non-hydrogen) atoms. The van der Waals surface area contributed by atoms with Crippen LogP contribution < -0.4 is 4.74 Å². The molecule has 0 saturated carbocycles. The summed E-state index contributed by atoms with van der Waals surface area (Å²) in [4.78, 5) is 14.3. The predicted molar refractivity (Wildman–Crippen MR) is 61.1 cm³/mol. The van der Waals surface area contributed by atoms with Gasteiger partial charge in [0.15, 0.2) is 5.69 Å². The van der Waals surface area contributed by atoms with Crippen molar-refractivity contribution in [2.45, 2.75) is 25.9 Å². The molecule has 9 heteroatoms. The first-order chi connectivity index (χ1) is 9.72. The third-order valence-corrected chi connectivity index (χ3v) is 2.47. The second kappa shape index (κ2) is 6.68. The lowest BCUT2D eigenvalue weighted by molar-refractivity contribution is -0.143. The Hall–Kier alpha value is -1.93. The Balaban J connectivity index is 3.37. The van der Waals surface area contributed by atoms with Crippen molar-refractivity contribution in [2.75, 3.05) is 13.7 Å². The van der Waals surface area contributed by atoms with Gasteiger partial charge in [-0.05, 0) is 6.92 Å². The van der Waals surface area contributed by atoms with Gasteiger partial charge in [0.1, 0.15) is 5.75 Å². The van der Waals surface area contributed by atoms with Gasteiger partial charge in [-0.1, -0.05) is 0 Å². The second-order valence-corrected chi connectivity index (χ2v) is 3.86. The van der Waals surface area contributed by atoms with Crippen LogP contribution >= 0.6 is 0 Å². The zero-order valence-corrected chi connectivity index (χ0v) is 11.1. The summed E-state index contributed by atoms with van der Waals surface area (Å²) in [6.07, 6.45) is -8.33. The SMILES string of the molecule is CCOC(=O)Cc1cnc(C(F)(F)F)c(C(F)F)c1OC. The summed E-state index contributed by atoms with van der Waals surface area (Å²) in [7, 11) is 0.940. The Kier molecular flexibility index (Phi) is 5.45. The fourth-order valence-corrected chi connectivity index (χ4v) is 1.71. The molecule has 0 N–H and O–H groups in total. The molecule has 118 valence electrons. The van der Waals surface area contributed by atoms with Gasteiger partial charge in [-0.15, -0.1) is 0 Å². The number of hydrogen-bond donors (Lipinski definition) is 0. The van der Waals surface area contributed by atoms with Crippen LogP contribution in [0.2, 0.25) is 0 Å². The van der Waals surface area contributed by atoms with E-state index in [9.17, 15) is 26.7 Å². The molecule has 0 bridgehead atoms. The number of esters is 1. The van der Waals surface area contributed by atoms with Crippen molar-refractivity contribution >= 4 is 5.97 Å². The molecule has 0 amide bonds. The van der Waals surface area contributed by atoms with E-state index in [2.05, 4.69) is 14.5 Å². The average molecular weight is 313 g/mol. The third kappa shape index (κ3) is 4.02. The first kappa shape index (κ1) is 17.1. The van der Waals surface area contributed by atoms with Crippen molar-refractivity contribution in [2.24, 2.45) is 0 Å². The lowest BCUT2D eigenvalue weighted by atomic mass is 10.1. The van der Waals surface area contributed by atoms with Crippen LogP contribution in [-0.2, 0) is 22.1 Å². The van der Waals surface area contributed by atoms with Crippen molar-refractivity contribution in [1.29, 1.82) is 0 Å². The maximum atomic E-state index is 12.9. The fraction of sp³-hybridized carbons (Fsp3) is 0.500. The van der Waals surface area contributed by atoms with E-state index >= 15 is 0 Å². The monoisotopic (exact) mass is 313 g/mol. The summed E-state index contributed by atoms with van der Waals surface area (Å²) in [5, 5.41) is 0. The zero-order chi connectivity index (χ0) is 16.2. The van der Waals surface area contributed by atoms with Crippen molar-refractivity contribution in [1.82, 2.24) is 4.98 Å². The molecule has 0 aromatic carbocycles. The summed E-state index contributed by atoms with van der Waals surface area (Å²) < 4.78 is 73.2. The van der Waals surface area contributed by atoms with Crippen molar-refractivity contribution < 1.29 is 36.2 Å². The van der Waals surface area contributed by atoms with Crippen LogP contribution in [0.25, 0.3) is 0 Å². The van der Waals surface area contributed by atoms with Crippen molar-refractivity contribution in [3.8, 4) is 5.75 Å². The summed E-state index contributed by atoms with van der Waals surface area (Å²) in [6.45, 7) is 1.58. The molecule has 0 fully saturated rings. The minimum atomic E-state index is -5.05. The molecule has 1 heterocycles. The highest BCUT2D eigenvalue weighted by Crippen LogP contribution is 2.41. The zero-order valence-electron chi connectivity index (χ0n) is 11.1. The molecule has 0 unspecified atom stereocenters. The topological polar surface area (TPSA) is 48.4 Å². The molecule has 0 aliphatic heterocycles. The molecule has 0 radical (unpaired) electrons. The summed E-state index contributed by atoms with van der Waals surface area (Å²) in [5.41, 5.74) is -3.31. The summed E-state index contributed by atoms with van der Waals surface area (Å²) >= 11 is 0. The van der Waals surface area contributed by atoms with Gasteiger partial charge < -0.3 is 9.47 Å². The van der Waals surface area contributed by atoms with E-state index in [1.165, 1.54) is 6.92 Å². The molecular weight excluding hydrogens is 301 g/mol. The number of rotatable bonds is 5. The number of carbonyl (C=O) groups is 1. The predicted octanol–water partition coefficient (Wildman–Crippen LogP) is 3.15.